The molecule has 3 heterocycles. The molecule has 35 heavy (non-hydrogen) atoms. The highest BCUT2D eigenvalue weighted by molar-refractivity contribution is 5.79. The molecule has 0 aromatic rings. The summed E-state index contributed by atoms with van der Waals surface area (Å²) >= 11 is 0. The molecule has 6 N–H and O–H groups in total. The molecule has 9 heteroatoms. The fourth-order valence-corrected chi connectivity index (χ4v) is 7.45. The van der Waals surface area contributed by atoms with Gasteiger partial charge < -0.3 is 25.8 Å². The van der Waals surface area contributed by atoms with Crippen LogP contribution in [0.1, 0.15) is 64.2 Å². The number of nitrogens with zero attached hydrogens (tertiary/aromatic N) is 1. The minimum absolute atomic E-state index is 0.0934. The Labute approximate surface area is 210 Å². The molecule has 5 rings (SSSR count). The number of amides is 1. The number of carbonyl (C=O) groups excluding carboxylic acids is 1. The summed E-state index contributed by atoms with van der Waals surface area (Å²) in [7, 11) is 0. The number of aliphatic hydroxyl groups excluding tert-OH is 1. The maximum Gasteiger partial charge on any atom is 0.223 e. The van der Waals surface area contributed by atoms with Gasteiger partial charge in [-0.15, -0.1) is 0 Å². The Bertz CT molecular complexity index is 675. The Morgan fingerprint density at radius 2 is 1.83 bits per heavy atom. The smallest absolute Gasteiger partial charge is 0.223 e. The molecule has 5 fully saturated rings. The van der Waals surface area contributed by atoms with Crippen molar-refractivity contribution in [1.29, 1.82) is 0 Å². The zero-order valence-electron chi connectivity index (χ0n) is 21.4. The van der Waals surface area contributed by atoms with E-state index in [4.69, 9.17) is 4.74 Å². The molecule has 0 spiro atoms. The molecule has 6 unspecified atom stereocenters. The summed E-state index contributed by atoms with van der Waals surface area (Å²) in [6, 6.07) is 0.558. The molecule has 3 aliphatic heterocycles. The van der Waals surface area contributed by atoms with Gasteiger partial charge in [0.2, 0.25) is 5.91 Å². The van der Waals surface area contributed by atoms with E-state index in [1.807, 2.05) is 0 Å². The first kappa shape index (κ1) is 25.8. The van der Waals surface area contributed by atoms with E-state index in [1.54, 1.807) is 0 Å². The van der Waals surface area contributed by atoms with Crippen LogP contribution in [-0.4, -0.2) is 86.3 Å². The first-order chi connectivity index (χ1) is 17.2. The second kappa shape index (κ2) is 12.6. The van der Waals surface area contributed by atoms with Crippen LogP contribution in [0.4, 0.5) is 0 Å². The standard InChI is InChI=1S/C26H48N6O3/c33-13-12-32-24(30-31-25(32)18-8-10-27-11-9-18)15-28-21-6-3-5-19(14-21)26(34)29-23-17-35-16-20-4-1-2-7-22(20)23/h18-25,27-28,30-31,33H,1-17H2,(H,29,34)/t19?,20?,21?,22?,23-,24?,25?/m0/s1. The molecule has 3 saturated heterocycles. The van der Waals surface area contributed by atoms with Gasteiger partial charge in [0.1, 0.15) is 0 Å². The van der Waals surface area contributed by atoms with Crippen LogP contribution < -0.4 is 26.8 Å². The fraction of sp³-hybridized carbons (Fsp3) is 0.962. The molecule has 0 radical (unpaired) electrons. The number of carbonyl (C=O) groups is 1. The van der Waals surface area contributed by atoms with E-state index in [9.17, 15) is 9.90 Å². The number of hydrazine groups is 1. The highest BCUT2D eigenvalue weighted by Gasteiger charge is 2.39. The van der Waals surface area contributed by atoms with Crippen molar-refractivity contribution < 1.29 is 14.6 Å². The second-order valence-corrected chi connectivity index (χ2v) is 11.6. The molecule has 200 valence electrons. The normalized spacial score (nSPS) is 39.3. The fourth-order valence-electron chi connectivity index (χ4n) is 7.45. The van der Waals surface area contributed by atoms with Crippen molar-refractivity contribution in [3.8, 4) is 0 Å². The number of aliphatic hydroxyl groups is 1. The summed E-state index contributed by atoms with van der Waals surface area (Å²) in [4.78, 5) is 15.6. The number of fused-ring (bicyclic) bond motifs is 1. The lowest BCUT2D eigenvalue weighted by Crippen LogP contribution is -2.54. The summed E-state index contributed by atoms with van der Waals surface area (Å²) in [5.74, 6) is 2.16. The Balaban J connectivity index is 1.10. The van der Waals surface area contributed by atoms with E-state index in [1.165, 1.54) is 25.7 Å². The van der Waals surface area contributed by atoms with E-state index >= 15 is 0 Å². The van der Waals surface area contributed by atoms with Gasteiger partial charge in [-0.05, 0) is 75.8 Å². The molecular formula is C26H48N6O3. The van der Waals surface area contributed by atoms with Crippen molar-refractivity contribution in [1.82, 2.24) is 31.7 Å². The average Bonchev–Trinajstić information content (AvgIpc) is 3.31. The van der Waals surface area contributed by atoms with Crippen molar-refractivity contribution in [3.05, 3.63) is 0 Å². The van der Waals surface area contributed by atoms with E-state index in [2.05, 4.69) is 31.7 Å². The van der Waals surface area contributed by atoms with Crippen molar-refractivity contribution in [3.63, 3.8) is 0 Å². The third-order valence-corrected chi connectivity index (χ3v) is 9.43. The first-order valence-electron chi connectivity index (χ1n) is 14.4. The molecule has 0 aromatic heterocycles. The van der Waals surface area contributed by atoms with Gasteiger partial charge in [-0.25, -0.2) is 10.9 Å². The topological polar surface area (TPSA) is 110 Å². The number of piperidine rings is 1. The maximum atomic E-state index is 13.2. The molecule has 7 atom stereocenters. The third-order valence-electron chi connectivity index (χ3n) is 9.43. The number of hydrogen-bond donors (Lipinski definition) is 6. The van der Waals surface area contributed by atoms with Gasteiger partial charge in [-0.3, -0.25) is 9.69 Å². The monoisotopic (exact) mass is 492 g/mol. The predicted molar refractivity (Wildman–Crippen MR) is 135 cm³/mol. The lowest BCUT2D eigenvalue weighted by molar-refractivity contribution is -0.130. The lowest BCUT2D eigenvalue weighted by atomic mass is 9.74. The summed E-state index contributed by atoms with van der Waals surface area (Å²) < 4.78 is 5.87. The average molecular weight is 493 g/mol. The van der Waals surface area contributed by atoms with Gasteiger partial charge in [0.05, 0.1) is 31.6 Å². The number of β-amino-alcohol motifs (C(OH)–C–C–N with tert-alkyl or cyclic N) is 1. The molecule has 0 aromatic carbocycles. The number of ether oxygens (including phenoxy) is 1. The Kier molecular flexibility index (Phi) is 9.32. The maximum absolute atomic E-state index is 13.2. The van der Waals surface area contributed by atoms with Crippen molar-refractivity contribution in [2.45, 2.75) is 88.6 Å². The number of nitrogens with one attached hydrogen (secondary N) is 5. The third kappa shape index (κ3) is 6.37. The summed E-state index contributed by atoms with van der Waals surface area (Å²) in [5, 5.41) is 20.3. The lowest BCUT2D eigenvalue weighted by Gasteiger charge is -2.42. The van der Waals surface area contributed by atoms with Crippen LogP contribution in [-0.2, 0) is 9.53 Å². The minimum Gasteiger partial charge on any atom is -0.395 e. The highest BCUT2D eigenvalue weighted by Crippen LogP contribution is 2.36. The zero-order chi connectivity index (χ0) is 24.0. The van der Waals surface area contributed by atoms with Crippen LogP contribution in [0.2, 0.25) is 0 Å². The molecule has 0 bridgehead atoms. The molecule has 2 saturated carbocycles. The second-order valence-electron chi connectivity index (χ2n) is 11.6. The van der Waals surface area contributed by atoms with Gasteiger partial charge in [0.15, 0.2) is 0 Å². The molecule has 5 aliphatic rings. The zero-order valence-corrected chi connectivity index (χ0v) is 21.4. The van der Waals surface area contributed by atoms with Crippen LogP contribution in [0.25, 0.3) is 0 Å². The van der Waals surface area contributed by atoms with Crippen LogP contribution in [0.5, 0.6) is 0 Å². The van der Waals surface area contributed by atoms with E-state index in [0.717, 1.165) is 64.8 Å². The first-order valence-corrected chi connectivity index (χ1v) is 14.4. The number of hydrogen-bond acceptors (Lipinski definition) is 8. The Morgan fingerprint density at radius 3 is 2.69 bits per heavy atom. The van der Waals surface area contributed by atoms with Crippen molar-refractivity contribution in [2.75, 3.05) is 46.0 Å². The van der Waals surface area contributed by atoms with E-state index < -0.39 is 0 Å². The summed E-state index contributed by atoms with van der Waals surface area (Å²) in [6.45, 7) is 5.34. The van der Waals surface area contributed by atoms with Gasteiger partial charge >= 0.3 is 0 Å². The highest BCUT2D eigenvalue weighted by atomic mass is 16.5. The van der Waals surface area contributed by atoms with Crippen LogP contribution in [0.15, 0.2) is 0 Å². The molecule has 2 aliphatic carbocycles. The SMILES string of the molecule is O=C(N[C@H]1COCC2CCCCC21)C1CCCC(NCC2NNC(C3CCNCC3)N2CCO)C1. The molecule has 1 amide bonds. The van der Waals surface area contributed by atoms with E-state index in [-0.39, 0.29) is 36.8 Å². The Morgan fingerprint density at radius 1 is 0.971 bits per heavy atom. The number of rotatable bonds is 8. The van der Waals surface area contributed by atoms with Crippen LogP contribution in [0, 0.1) is 23.7 Å². The Hall–Kier alpha value is -0.810. The molecular weight excluding hydrogens is 444 g/mol. The van der Waals surface area contributed by atoms with E-state index in [0.29, 0.717) is 36.9 Å². The van der Waals surface area contributed by atoms with Crippen LogP contribution in [0.3, 0.4) is 0 Å². The van der Waals surface area contributed by atoms with Gasteiger partial charge in [0, 0.05) is 31.7 Å². The predicted octanol–water partition coefficient (Wildman–Crippen LogP) is 0.510. The molecule has 9 nitrogen and oxygen atoms in total. The van der Waals surface area contributed by atoms with Gasteiger partial charge in [-0.2, -0.15) is 0 Å². The summed E-state index contributed by atoms with van der Waals surface area (Å²) in [5.41, 5.74) is 7.00. The van der Waals surface area contributed by atoms with Gasteiger partial charge in [0.25, 0.3) is 0 Å². The minimum atomic E-state index is 0.0934. The van der Waals surface area contributed by atoms with Gasteiger partial charge in [-0.1, -0.05) is 19.3 Å². The summed E-state index contributed by atoms with van der Waals surface area (Å²) in [6.07, 6.45) is 11.9. The quantitative estimate of drug-likeness (QED) is 0.291. The van der Waals surface area contributed by atoms with Crippen molar-refractivity contribution >= 4 is 5.91 Å². The largest absolute Gasteiger partial charge is 0.395 e. The van der Waals surface area contributed by atoms with Crippen LogP contribution >= 0.6 is 0 Å². The van der Waals surface area contributed by atoms with Crippen molar-refractivity contribution in [2.24, 2.45) is 23.7 Å².